The quantitative estimate of drug-likeness (QED) is 0.410. The molecule has 2 heterocycles. The predicted molar refractivity (Wildman–Crippen MR) is 60.3 cm³/mol. The third kappa shape index (κ3) is 2.70. The van der Waals surface area contributed by atoms with Crippen LogP contribution in [0.2, 0.25) is 0 Å². The second-order valence-electron chi connectivity index (χ2n) is 4.16. The van der Waals surface area contributed by atoms with Gasteiger partial charge in [0.05, 0.1) is 0 Å². The van der Waals surface area contributed by atoms with Crippen molar-refractivity contribution in [2.24, 2.45) is 5.10 Å². The number of nitro groups is 1. The molecule has 1 saturated heterocycles. The van der Waals surface area contributed by atoms with E-state index in [1.165, 1.54) is 0 Å². The molecule has 2 aliphatic rings. The van der Waals surface area contributed by atoms with Crippen LogP contribution >= 0.6 is 0 Å². The van der Waals surface area contributed by atoms with Crippen LogP contribution in [-0.2, 0) is 4.79 Å². The number of nitrogens with zero attached hydrogens (tertiary/aromatic N) is 2. The first-order valence-corrected chi connectivity index (χ1v) is 5.64. The largest absolute Gasteiger partial charge is 0.348 e. The Morgan fingerprint density at radius 3 is 2.82 bits per heavy atom. The van der Waals surface area contributed by atoms with Crippen molar-refractivity contribution in [2.45, 2.75) is 24.9 Å². The van der Waals surface area contributed by atoms with Gasteiger partial charge in [0.25, 0.3) is 11.9 Å². The van der Waals surface area contributed by atoms with Gasteiger partial charge < -0.3 is 16.1 Å². The summed E-state index contributed by atoms with van der Waals surface area (Å²) < 4.78 is 0. The van der Waals surface area contributed by atoms with E-state index < -0.39 is 16.9 Å². The molecule has 0 radical (unpaired) electrons. The zero-order chi connectivity index (χ0) is 12.3. The lowest BCUT2D eigenvalue weighted by Gasteiger charge is -2.23. The summed E-state index contributed by atoms with van der Waals surface area (Å²) in [6.45, 7) is 1.80. The second-order valence-corrected chi connectivity index (χ2v) is 4.16. The molecule has 0 saturated carbocycles. The number of hydrazone groups is 1. The van der Waals surface area contributed by atoms with Crippen LogP contribution in [-0.4, -0.2) is 48.3 Å². The summed E-state index contributed by atoms with van der Waals surface area (Å²) in [6.07, 6.45) is 1.69. The third-order valence-corrected chi connectivity index (χ3v) is 2.96. The molecule has 8 heteroatoms. The first-order valence-electron chi connectivity index (χ1n) is 5.64. The maximum atomic E-state index is 11.8. The van der Waals surface area contributed by atoms with E-state index >= 15 is 0 Å². The van der Waals surface area contributed by atoms with Gasteiger partial charge in [-0.1, -0.05) is 0 Å². The van der Waals surface area contributed by atoms with Crippen LogP contribution in [0.25, 0.3) is 0 Å². The molecule has 8 nitrogen and oxygen atoms in total. The van der Waals surface area contributed by atoms with Crippen molar-refractivity contribution in [2.75, 3.05) is 19.6 Å². The summed E-state index contributed by atoms with van der Waals surface area (Å²) in [4.78, 5) is 22.0. The molecule has 0 spiro atoms. The molecule has 1 amide bonds. The predicted octanol–water partition coefficient (Wildman–Crippen LogP) is -1.54. The van der Waals surface area contributed by atoms with Crippen molar-refractivity contribution in [3.05, 3.63) is 10.1 Å². The summed E-state index contributed by atoms with van der Waals surface area (Å²) in [7, 11) is 0. The Kier molecular flexibility index (Phi) is 3.52. The Labute approximate surface area is 98.0 Å². The van der Waals surface area contributed by atoms with E-state index in [1.807, 2.05) is 0 Å². The molecule has 0 aromatic carbocycles. The fourth-order valence-corrected chi connectivity index (χ4v) is 1.99. The van der Waals surface area contributed by atoms with Crippen LogP contribution in [0.3, 0.4) is 0 Å². The maximum absolute atomic E-state index is 11.8. The van der Waals surface area contributed by atoms with E-state index in [1.54, 1.807) is 0 Å². The van der Waals surface area contributed by atoms with Crippen LogP contribution in [0, 0.1) is 10.1 Å². The molecule has 0 bridgehead atoms. The number of amides is 1. The fraction of sp³-hybridized carbons (Fsp3) is 0.778. The van der Waals surface area contributed by atoms with Crippen LogP contribution < -0.4 is 16.1 Å². The number of carbonyl (C=O) groups excluding carboxylic acids is 1. The van der Waals surface area contributed by atoms with Gasteiger partial charge >= 0.3 is 0 Å². The molecule has 1 atom stereocenters. The topological polar surface area (TPSA) is 109 Å². The number of carbonyl (C=O) groups is 1. The lowest BCUT2D eigenvalue weighted by molar-refractivity contribution is -0.498. The van der Waals surface area contributed by atoms with Gasteiger partial charge in [0.15, 0.2) is 5.71 Å². The van der Waals surface area contributed by atoms with E-state index in [9.17, 15) is 14.9 Å². The average Bonchev–Trinajstić information content (AvgIpc) is 2.79. The fourth-order valence-electron chi connectivity index (χ4n) is 1.99. The number of nitrogens with one attached hydrogen (secondary N) is 3. The summed E-state index contributed by atoms with van der Waals surface area (Å²) >= 11 is 0. The monoisotopic (exact) mass is 241 g/mol. The number of piperidine rings is 1. The van der Waals surface area contributed by atoms with Gasteiger partial charge in [-0.05, 0) is 25.9 Å². The molecule has 0 aromatic heterocycles. The molecular weight excluding hydrogens is 226 g/mol. The lowest BCUT2D eigenvalue weighted by atomic mass is 10.1. The first kappa shape index (κ1) is 11.8. The van der Waals surface area contributed by atoms with Crippen LogP contribution in [0.5, 0.6) is 0 Å². The summed E-state index contributed by atoms with van der Waals surface area (Å²) in [5.41, 5.74) is 2.48. The number of rotatable bonds is 3. The number of hydrogen-bond donors (Lipinski definition) is 3. The van der Waals surface area contributed by atoms with Gasteiger partial charge in [-0.3, -0.25) is 14.9 Å². The SMILES string of the molecule is O=C(NC1CCNCC1)C1=NNCC1[N+](=O)[O-]. The molecule has 0 aliphatic carbocycles. The summed E-state index contributed by atoms with van der Waals surface area (Å²) in [5, 5.41) is 20.4. The van der Waals surface area contributed by atoms with Gasteiger partial charge in [0.1, 0.15) is 6.54 Å². The van der Waals surface area contributed by atoms with Crippen molar-refractivity contribution in [1.29, 1.82) is 0 Å². The van der Waals surface area contributed by atoms with Gasteiger partial charge in [-0.25, -0.2) is 0 Å². The lowest BCUT2D eigenvalue weighted by Crippen LogP contribution is -2.48. The van der Waals surface area contributed by atoms with Crippen LogP contribution in [0.1, 0.15) is 12.8 Å². The van der Waals surface area contributed by atoms with E-state index in [2.05, 4.69) is 21.2 Å². The van der Waals surface area contributed by atoms with Crippen molar-refractivity contribution >= 4 is 11.6 Å². The minimum absolute atomic E-state index is 0.0199. The van der Waals surface area contributed by atoms with Gasteiger partial charge in [-0.2, -0.15) is 5.10 Å². The zero-order valence-corrected chi connectivity index (χ0v) is 9.31. The maximum Gasteiger partial charge on any atom is 0.280 e. The van der Waals surface area contributed by atoms with E-state index in [0.29, 0.717) is 0 Å². The van der Waals surface area contributed by atoms with E-state index in [-0.39, 0.29) is 18.3 Å². The molecule has 1 unspecified atom stereocenters. The standard InChI is InChI=1S/C9H15N5O3/c15-9(12-6-1-3-10-4-2-6)8-7(14(16)17)5-11-13-8/h6-7,10-11H,1-5H2,(H,12,15). The molecule has 2 rings (SSSR count). The molecule has 94 valence electrons. The van der Waals surface area contributed by atoms with Gasteiger partial charge in [0.2, 0.25) is 0 Å². The molecule has 0 aromatic rings. The Hall–Kier alpha value is -1.70. The molecule has 2 aliphatic heterocycles. The zero-order valence-electron chi connectivity index (χ0n) is 9.31. The van der Waals surface area contributed by atoms with Gasteiger partial charge in [-0.15, -0.1) is 0 Å². The molecule has 17 heavy (non-hydrogen) atoms. The van der Waals surface area contributed by atoms with E-state index in [0.717, 1.165) is 25.9 Å². The highest BCUT2D eigenvalue weighted by atomic mass is 16.6. The third-order valence-electron chi connectivity index (χ3n) is 2.96. The minimum Gasteiger partial charge on any atom is -0.348 e. The average molecular weight is 241 g/mol. The van der Waals surface area contributed by atoms with Crippen molar-refractivity contribution in [3.8, 4) is 0 Å². The van der Waals surface area contributed by atoms with Crippen LogP contribution in [0.15, 0.2) is 5.10 Å². The summed E-state index contributed by atoms with van der Waals surface area (Å²) in [5.74, 6) is -0.427. The van der Waals surface area contributed by atoms with Crippen molar-refractivity contribution in [3.63, 3.8) is 0 Å². The Balaban J connectivity index is 1.92. The minimum atomic E-state index is -1.03. The highest BCUT2D eigenvalue weighted by molar-refractivity contribution is 6.41. The van der Waals surface area contributed by atoms with Crippen molar-refractivity contribution in [1.82, 2.24) is 16.1 Å². The Morgan fingerprint density at radius 1 is 1.47 bits per heavy atom. The normalized spacial score (nSPS) is 24.9. The molecular formula is C9H15N5O3. The van der Waals surface area contributed by atoms with Gasteiger partial charge in [0, 0.05) is 11.0 Å². The van der Waals surface area contributed by atoms with E-state index in [4.69, 9.17) is 0 Å². The van der Waals surface area contributed by atoms with Crippen molar-refractivity contribution < 1.29 is 9.72 Å². The Bertz CT molecular complexity index is 351. The number of hydrogen-bond acceptors (Lipinski definition) is 6. The Morgan fingerprint density at radius 2 is 2.18 bits per heavy atom. The molecule has 3 N–H and O–H groups in total. The summed E-state index contributed by atoms with van der Waals surface area (Å²) in [6, 6.07) is -0.948. The molecule has 1 fully saturated rings. The smallest absolute Gasteiger partial charge is 0.280 e. The highest BCUT2D eigenvalue weighted by Gasteiger charge is 2.37. The highest BCUT2D eigenvalue weighted by Crippen LogP contribution is 2.05. The second kappa shape index (κ2) is 5.09. The van der Waals surface area contributed by atoms with Crippen LogP contribution in [0.4, 0.5) is 0 Å². The first-order chi connectivity index (χ1) is 8.18.